The highest BCUT2D eigenvalue weighted by Crippen LogP contribution is 2.42. The Kier molecular flexibility index (Phi) is 5.00. The average Bonchev–Trinajstić information content (AvgIpc) is 3.01. The van der Waals surface area contributed by atoms with Gasteiger partial charge in [-0.25, -0.2) is 0 Å². The van der Waals surface area contributed by atoms with Crippen LogP contribution in [-0.2, 0) is 0 Å². The molecule has 0 aromatic heterocycles. The van der Waals surface area contributed by atoms with Crippen LogP contribution in [0.2, 0.25) is 0 Å². The molecule has 0 unspecified atom stereocenters. The van der Waals surface area contributed by atoms with Crippen molar-refractivity contribution in [1.82, 2.24) is 5.01 Å². The molecule has 1 N–H and O–H groups in total. The minimum absolute atomic E-state index is 0.0272. The molecule has 1 atom stereocenters. The number of nitrogens with zero attached hydrogens (tertiary/aromatic N) is 2. The molecule has 1 aliphatic rings. The second-order valence-corrected chi connectivity index (χ2v) is 6.81. The molecule has 2 aromatic rings. The molecule has 1 aliphatic heterocycles. The lowest BCUT2D eigenvalue weighted by Crippen LogP contribution is -2.56. The first-order valence-electron chi connectivity index (χ1n) is 7.77. The third kappa shape index (κ3) is 3.57. The Labute approximate surface area is 161 Å². The Balaban J connectivity index is 2.01. The molecule has 0 bridgehead atoms. The predicted molar refractivity (Wildman–Crippen MR) is 95.5 cm³/mol. The number of aliphatic hydroxyl groups is 1. The minimum Gasteiger partial charge on any atom is -0.497 e. The van der Waals surface area contributed by atoms with Crippen LogP contribution in [0.15, 0.2) is 58.1 Å². The van der Waals surface area contributed by atoms with Crippen molar-refractivity contribution < 1.29 is 27.8 Å². The number of methoxy groups -OCH3 is 1. The predicted octanol–water partition coefficient (Wildman–Crippen LogP) is 3.96. The first-order valence-corrected chi connectivity index (χ1v) is 8.56. The van der Waals surface area contributed by atoms with Gasteiger partial charge in [0.25, 0.3) is 11.6 Å². The molecular formula is C18H14BrF3N2O3. The number of carbonyl (C=O) groups is 1. The van der Waals surface area contributed by atoms with Crippen molar-refractivity contribution in [3.8, 4) is 5.75 Å². The Morgan fingerprint density at radius 1 is 1.19 bits per heavy atom. The normalized spacial score (nSPS) is 19.8. The number of hydrazone groups is 1. The number of carbonyl (C=O) groups excluding carboxylic acids is 1. The van der Waals surface area contributed by atoms with Gasteiger partial charge >= 0.3 is 6.18 Å². The number of benzene rings is 2. The van der Waals surface area contributed by atoms with Crippen LogP contribution in [-0.4, -0.2) is 40.7 Å². The molecule has 3 rings (SSSR count). The third-order valence-electron chi connectivity index (χ3n) is 4.15. The maximum Gasteiger partial charge on any atom is 0.438 e. The van der Waals surface area contributed by atoms with E-state index in [9.17, 15) is 23.1 Å². The van der Waals surface area contributed by atoms with E-state index >= 15 is 0 Å². The fourth-order valence-corrected chi connectivity index (χ4v) is 2.90. The number of amides is 1. The summed E-state index contributed by atoms with van der Waals surface area (Å²) in [5.74, 6) is -0.530. The van der Waals surface area contributed by atoms with E-state index < -0.39 is 24.2 Å². The lowest BCUT2D eigenvalue weighted by atomic mass is 10.0. The highest BCUT2D eigenvalue weighted by Gasteiger charge is 2.63. The van der Waals surface area contributed by atoms with Gasteiger partial charge in [-0.3, -0.25) is 4.79 Å². The van der Waals surface area contributed by atoms with Crippen molar-refractivity contribution in [3.05, 3.63) is 64.1 Å². The van der Waals surface area contributed by atoms with Gasteiger partial charge in [0.2, 0.25) is 0 Å². The van der Waals surface area contributed by atoms with Crippen LogP contribution in [0.4, 0.5) is 13.2 Å². The summed E-state index contributed by atoms with van der Waals surface area (Å²) in [6.45, 7) is 0. The molecule has 2 aromatic carbocycles. The number of hydrogen-bond donors (Lipinski definition) is 1. The van der Waals surface area contributed by atoms with Crippen LogP contribution < -0.4 is 4.74 Å². The molecule has 1 heterocycles. The summed E-state index contributed by atoms with van der Waals surface area (Å²) in [4.78, 5) is 12.6. The van der Waals surface area contributed by atoms with Gasteiger partial charge in [0, 0.05) is 10.0 Å². The number of halogens is 4. The van der Waals surface area contributed by atoms with Crippen LogP contribution in [0, 0.1) is 0 Å². The Morgan fingerprint density at radius 3 is 2.30 bits per heavy atom. The standard InChI is InChI=1S/C18H14BrF3N2O3/c1-27-14-8-4-11(5-9-14)15-10-17(26,18(20,21)22)24(23-15)16(25)12-2-6-13(19)7-3-12/h2-9,26H,10H2,1H3/t17-/m0/s1. The largest absolute Gasteiger partial charge is 0.497 e. The first kappa shape index (κ1) is 19.4. The third-order valence-corrected chi connectivity index (χ3v) is 4.67. The number of alkyl halides is 3. The van der Waals surface area contributed by atoms with Crippen molar-refractivity contribution in [3.63, 3.8) is 0 Å². The number of ether oxygens (including phenoxy) is 1. The van der Waals surface area contributed by atoms with E-state index in [4.69, 9.17) is 4.74 Å². The van der Waals surface area contributed by atoms with E-state index in [1.54, 1.807) is 12.1 Å². The quantitative estimate of drug-likeness (QED) is 0.782. The van der Waals surface area contributed by atoms with E-state index in [0.717, 1.165) is 0 Å². The van der Waals surface area contributed by atoms with Gasteiger partial charge in [-0.1, -0.05) is 15.9 Å². The first-order chi connectivity index (χ1) is 12.7. The lowest BCUT2D eigenvalue weighted by molar-refractivity contribution is -0.297. The van der Waals surface area contributed by atoms with Gasteiger partial charge in [-0.05, 0) is 54.1 Å². The van der Waals surface area contributed by atoms with Gasteiger partial charge < -0.3 is 9.84 Å². The fourth-order valence-electron chi connectivity index (χ4n) is 2.64. The summed E-state index contributed by atoms with van der Waals surface area (Å²) in [5.41, 5.74) is -3.15. The zero-order chi connectivity index (χ0) is 19.8. The molecule has 9 heteroatoms. The molecule has 0 radical (unpaired) electrons. The Bertz CT molecular complexity index is 882. The fraction of sp³-hybridized carbons (Fsp3) is 0.222. The second-order valence-electron chi connectivity index (χ2n) is 5.89. The Morgan fingerprint density at radius 2 is 1.78 bits per heavy atom. The van der Waals surface area contributed by atoms with Crippen molar-refractivity contribution in [2.24, 2.45) is 5.10 Å². The highest BCUT2D eigenvalue weighted by molar-refractivity contribution is 9.10. The molecule has 0 saturated heterocycles. The van der Waals surface area contributed by atoms with E-state index in [0.29, 0.717) is 15.8 Å². The molecule has 5 nitrogen and oxygen atoms in total. The van der Waals surface area contributed by atoms with Gasteiger partial charge in [0.1, 0.15) is 5.75 Å². The van der Waals surface area contributed by atoms with Gasteiger partial charge in [-0.15, -0.1) is 0 Å². The van der Waals surface area contributed by atoms with Crippen LogP contribution in [0.5, 0.6) is 5.75 Å². The maximum atomic E-state index is 13.6. The minimum atomic E-state index is -5.09. The summed E-state index contributed by atoms with van der Waals surface area (Å²) < 4.78 is 46.5. The molecule has 0 fully saturated rings. The van der Waals surface area contributed by atoms with E-state index in [2.05, 4.69) is 21.0 Å². The summed E-state index contributed by atoms with van der Waals surface area (Å²) in [6, 6.07) is 11.9. The zero-order valence-corrected chi connectivity index (χ0v) is 15.6. The highest BCUT2D eigenvalue weighted by atomic mass is 79.9. The van der Waals surface area contributed by atoms with E-state index in [1.807, 2.05) is 0 Å². The van der Waals surface area contributed by atoms with Crippen LogP contribution >= 0.6 is 15.9 Å². The SMILES string of the molecule is COc1ccc(C2=NN(C(=O)c3ccc(Br)cc3)[C@@](O)(C(F)(F)F)C2)cc1. The molecule has 27 heavy (non-hydrogen) atoms. The zero-order valence-electron chi connectivity index (χ0n) is 14.0. The van der Waals surface area contributed by atoms with Crippen molar-refractivity contribution in [2.75, 3.05) is 7.11 Å². The molecule has 0 spiro atoms. The second kappa shape index (κ2) is 6.97. The topological polar surface area (TPSA) is 62.1 Å². The van der Waals surface area contributed by atoms with Gasteiger partial charge in [0.05, 0.1) is 19.2 Å². The van der Waals surface area contributed by atoms with E-state index in [-0.39, 0.29) is 16.3 Å². The number of hydrogen-bond acceptors (Lipinski definition) is 4. The summed E-state index contributed by atoms with van der Waals surface area (Å²) in [7, 11) is 1.46. The Hall–Kier alpha value is -2.39. The van der Waals surface area contributed by atoms with Crippen molar-refractivity contribution in [2.45, 2.75) is 18.3 Å². The van der Waals surface area contributed by atoms with Crippen molar-refractivity contribution in [1.29, 1.82) is 0 Å². The van der Waals surface area contributed by atoms with Crippen molar-refractivity contribution >= 4 is 27.5 Å². The van der Waals surface area contributed by atoms with Crippen LogP contribution in [0.25, 0.3) is 0 Å². The van der Waals surface area contributed by atoms with Gasteiger partial charge in [-0.2, -0.15) is 23.3 Å². The maximum absolute atomic E-state index is 13.6. The lowest BCUT2D eigenvalue weighted by Gasteiger charge is -2.32. The average molecular weight is 443 g/mol. The molecule has 1 amide bonds. The molecule has 142 valence electrons. The van der Waals surface area contributed by atoms with Crippen LogP contribution in [0.1, 0.15) is 22.3 Å². The smallest absolute Gasteiger partial charge is 0.438 e. The summed E-state index contributed by atoms with van der Waals surface area (Å²) in [5, 5.41) is 14.3. The molecule has 0 aliphatic carbocycles. The number of rotatable bonds is 3. The van der Waals surface area contributed by atoms with Gasteiger partial charge in [0.15, 0.2) is 0 Å². The van der Waals surface area contributed by atoms with E-state index in [1.165, 1.54) is 43.5 Å². The molecular weight excluding hydrogens is 429 g/mol. The monoisotopic (exact) mass is 442 g/mol. The summed E-state index contributed by atoms with van der Waals surface area (Å²) in [6.07, 6.45) is -5.96. The molecule has 0 saturated carbocycles. The summed E-state index contributed by atoms with van der Waals surface area (Å²) >= 11 is 3.19. The van der Waals surface area contributed by atoms with Crippen LogP contribution in [0.3, 0.4) is 0 Å².